The zero-order chi connectivity index (χ0) is 12.5. The second kappa shape index (κ2) is 4.73. The maximum absolute atomic E-state index is 11.2. The van der Waals surface area contributed by atoms with Gasteiger partial charge < -0.3 is 10.6 Å². The first-order chi connectivity index (χ1) is 8.74. The Bertz CT molecular complexity index is 458. The van der Waals surface area contributed by atoms with Gasteiger partial charge in [-0.05, 0) is 29.9 Å². The summed E-state index contributed by atoms with van der Waals surface area (Å²) in [6.07, 6.45) is 3.01. The molecule has 1 aromatic carbocycles. The Kier molecular flexibility index (Phi) is 3.08. The van der Waals surface area contributed by atoms with E-state index in [1.807, 2.05) is 0 Å². The van der Waals surface area contributed by atoms with Crippen LogP contribution in [-0.4, -0.2) is 18.5 Å². The first kappa shape index (κ1) is 11.7. The van der Waals surface area contributed by atoms with Gasteiger partial charge in [0, 0.05) is 25.0 Å². The number of rotatable bonds is 2. The van der Waals surface area contributed by atoms with Crippen LogP contribution in [0.25, 0.3) is 0 Å². The molecule has 3 rings (SSSR count). The molecule has 1 fully saturated rings. The van der Waals surface area contributed by atoms with Gasteiger partial charge in [-0.2, -0.15) is 0 Å². The summed E-state index contributed by atoms with van der Waals surface area (Å²) in [4.78, 5) is 11.2. The molecule has 0 saturated carbocycles. The summed E-state index contributed by atoms with van der Waals surface area (Å²) in [5.41, 5.74) is 2.90. The fraction of sp³-hybridized carbons (Fsp3) is 0.533. The van der Waals surface area contributed by atoms with Crippen LogP contribution in [0, 0.1) is 0 Å². The monoisotopic (exact) mass is 244 g/mol. The van der Waals surface area contributed by atoms with E-state index in [0.717, 1.165) is 6.54 Å². The third-order valence-electron chi connectivity index (χ3n) is 4.21. The summed E-state index contributed by atoms with van der Waals surface area (Å²) >= 11 is 0. The van der Waals surface area contributed by atoms with Crippen LogP contribution in [0.4, 0.5) is 0 Å². The van der Waals surface area contributed by atoms with Gasteiger partial charge in [-0.3, -0.25) is 4.79 Å². The number of nitrogens with one attached hydrogen (secondary N) is 2. The van der Waals surface area contributed by atoms with Gasteiger partial charge in [0.25, 0.3) is 0 Å². The second-order valence-electron chi connectivity index (χ2n) is 5.53. The molecule has 0 radical (unpaired) electrons. The fourth-order valence-corrected chi connectivity index (χ4v) is 3.19. The van der Waals surface area contributed by atoms with Crippen molar-refractivity contribution < 1.29 is 4.79 Å². The molecule has 2 N–H and O–H groups in total. The minimum Gasteiger partial charge on any atom is -0.354 e. The minimum absolute atomic E-state index is 0.171. The molecule has 0 bridgehead atoms. The van der Waals surface area contributed by atoms with E-state index in [1.54, 1.807) is 0 Å². The van der Waals surface area contributed by atoms with E-state index < -0.39 is 0 Å². The maximum Gasteiger partial charge on any atom is 0.221 e. The van der Waals surface area contributed by atoms with E-state index in [2.05, 4.69) is 41.8 Å². The van der Waals surface area contributed by atoms with Gasteiger partial charge in [-0.1, -0.05) is 31.2 Å². The average molecular weight is 244 g/mol. The summed E-state index contributed by atoms with van der Waals surface area (Å²) < 4.78 is 0. The van der Waals surface area contributed by atoms with Crippen molar-refractivity contribution in [3.05, 3.63) is 35.4 Å². The molecule has 1 aliphatic carbocycles. The van der Waals surface area contributed by atoms with Crippen LogP contribution in [0.3, 0.4) is 0 Å². The van der Waals surface area contributed by atoms with E-state index in [-0.39, 0.29) is 5.91 Å². The molecule has 3 atom stereocenters. The normalized spacial score (nSPS) is 30.9. The standard InChI is InChI=1S/C15H20N2O/c1-10-6-7-14(13-5-3-2-4-12(10)13)17-11-8-15(18)16-9-11/h2-5,10-11,14,17H,6-9H2,1H3,(H,16,18). The van der Waals surface area contributed by atoms with Crippen molar-refractivity contribution in [3.8, 4) is 0 Å². The third kappa shape index (κ3) is 2.15. The fourth-order valence-electron chi connectivity index (χ4n) is 3.19. The molecule has 1 amide bonds. The van der Waals surface area contributed by atoms with Crippen molar-refractivity contribution in [3.63, 3.8) is 0 Å². The van der Waals surface area contributed by atoms with E-state index in [1.165, 1.54) is 24.0 Å². The summed E-state index contributed by atoms with van der Waals surface area (Å²) in [6, 6.07) is 9.42. The van der Waals surface area contributed by atoms with Crippen LogP contribution in [0.15, 0.2) is 24.3 Å². The molecule has 1 aromatic rings. The Labute approximate surface area is 108 Å². The van der Waals surface area contributed by atoms with Crippen LogP contribution in [0.5, 0.6) is 0 Å². The summed E-state index contributed by atoms with van der Waals surface area (Å²) in [5, 5.41) is 6.53. The van der Waals surface area contributed by atoms with Crippen molar-refractivity contribution in [2.45, 2.75) is 44.2 Å². The number of benzene rings is 1. The highest BCUT2D eigenvalue weighted by Gasteiger charge is 2.28. The predicted octanol–water partition coefficient (Wildman–Crippen LogP) is 2.10. The number of carbonyl (C=O) groups excluding carboxylic acids is 1. The number of fused-ring (bicyclic) bond motifs is 1. The lowest BCUT2D eigenvalue weighted by atomic mass is 9.81. The summed E-state index contributed by atoms with van der Waals surface area (Å²) in [6.45, 7) is 3.07. The number of hydrogen-bond acceptors (Lipinski definition) is 2. The molecule has 0 aromatic heterocycles. The van der Waals surface area contributed by atoms with Gasteiger partial charge in [0.2, 0.25) is 5.91 Å². The van der Waals surface area contributed by atoms with Crippen LogP contribution < -0.4 is 10.6 Å². The molecular weight excluding hydrogens is 224 g/mol. The van der Waals surface area contributed by atoms with Crippen molar-refractivity contribution in [2.75, 3.05) is 6.54 Å². The largest absolute Gasteiger partial charge is 0.354 e. The van der Waals surface area contributed by atoms with Crippen LogP contribution in [0.2, 0.25) is 0 Å². The number of hydrogen-bond donors (Lipinski definition) is 2. The zero-order valence-electron chi connectivity index (χ0n) is 10.8. The lowest BCUT2D eigenvalue weighted by Gasteiger charge is -2.32. The smallest absolute Gasteiger partial charge is 0.221 e. The molecule has 3 unspecified atom stereocenters. The third-order valence-corrected chi connectivity index (χ3v) is 4.21. The quantitative estimate of drug-likeness (QED) is 0.836. The van der Waals surface area contributed by atoms with Crippen LogP contribution in [-0.2, 0) is 4.79 Å². The van der Waals surface area contributed by atoms with Gasteiger partial charge in [0.05, 0.1) is 0 Å². The van der Waals surface area contributed by atoms with Gasteiger partial charge in [-0.15, -0.1) is 0 Å². The molecule has 1 saturated heterocycles. The second-order valence-corrected chi connectivity index (χ2v) is 5.53. The van der Waals surface area contributed by atoms with Crippen molar-refractivity contribution in [2.24, 2.45) is 0 Å². The van der Waals surface area contributed by atoms with E-state index in [0.29, 0.717) is 24.4 Å². The van der Waals surface area contributed by atoms with Crippen molar-refractivity contribution >= 4 is 5.91 Å². The van der Waals surface area contributed by atoms with Crippen LogP contribution in [0.1, 0.15) is 49.3 Å². The lowest BCUT2D eigenvalue weighted by Crippen LogP contribution is -2.36. The average Bonchev–Trinajstić information content (AvgIpc) is 2.79. The first-order valence-electron chi connectivity index (χ1n) is 6.85. The number of amides is 1. The Balaban J connectivity index is 1.78. The Morgan fingerprint density at radius 1 is 1.22 bits per heavy atom. The van der Waals surface area contributed by atoms with Crippen molar-refractivity contribution in [1.29, 1.82) is 0 Å². The zero-order valence-corrected chi connectivity index (χ0v) is 10.8. The molecule has 1 heterocycles. The predicted molar refractivity (Wildman–Crippen MR) is 71.4 cm³/mol. The highest BCUT2D eigenvalue weighted by atomic mass is 16.1. The highest BCUT2D eigenvalue weighted by molar-refractivity contribution is 5.78. The summed E-state index contributed by atoms with van der Waals surface area (Å²) in [7, 11) is 0. The molecular formula is C15H20N2O. The molecule has 3 nitrogen and oxygen atoms in total. The molecule has 18 heavy (non-hydrogen) atoms. The van der Waals surface area contributed by atoms with Crippen molar-refractivity contribution in [1.82, 2.24) is 10.6 Å². The van der Waals surface area contributed by atoms with E-state index >= 15 is 0 Å². The van der Waals surface area contributed by atoms with E-state index in [4.69, 9.17) is 0 Å². The van der Waals surface area contributed by atoms with Gasteiger partial charge in [0.15, 0.2) is 0 Å². The van der Waals surface area contributed by atoms with Crippen LogP contribution >= 0.6 is 0 Å². The van der Waals surface area contributed by atoms with E-state index in [9.17, 15) is 4.79 Å². The van der Waals surface area contributed by atoms with Gasteiger partial charge >= 0.3 is 0 Å². The Morgan fingerprint density at radius 3 is 2.72 bits per heavy atom. The molecule has 2 aliphatic rings. The minimum atomic E-state index is 0.171. The topological polar surface area (TPSA) is 41.1 Å². The SMILES string of the molecule is CC1CCC(NC2CNC(=O)C2)c2ccccc21. The molecule has 96 valence electrons. The van der Waals surface area contributed by atoms with Gasteiger partial charge in [-0.25, -0.2) is 0 Å². The molecule has 0 spiro atoms. The maximum atomic E-state index is 11.2. The summed E-state index contributed by atoms with van der Waals surface area (Å²) in [5.74, 6) is 0.826. The Morgan fingerprint density at radius 2 is 2.00 bits per heavy atom. The van der Waals surface area contributed by atoms with Gasteiger partial charge in [0.1, 0.15) is 0 Å². The first-order valence-corrected chi connectivity index (χ1v) is 6.85. The lowest BCUT2D eigenvalue weighted by molar-refractivity contribution is -0.119. The molecule has 3 heteroatoms. The number of carbonyl (C=O) groups is 1. The highest BCUT2D eigenvalue weighted by Crippen LogP contribution is 2.37. The molecule has 1 aliphatic heterocycles. The Hall–Kier alpha value is -1.35.